The van der Waals surface area contributed by atoms with Gasteiger partial charge >= 0.3 is 5.97 Å². The molecule has 0 aliphatic rings. The Morgan fingerprint density at radius 1 is 1.62 bits per heavy atom. The van der Waals surface area contributed by atoms with Crippen LogP contribution in [0.2, 0.25) is 5.02 Å². The third kappa shape index (κ3) is 2.59. The Kier molecular flexibility index (Phi) is 4.44. The topological polar surface area (TPSA) is 39.2 Å². The average molecular weight is 270 g/mol. The molecule has 1 rings (SSSR count). The minimum Gasteiger partial charge on any atom is -0.464 e. The molecule has 1 aromatic rings. The number of halogens is 4. The van der Waals surface area contributed by atoms with Gasteiger partial charge in [-0.3, -0.25) is 0 Å². The Labute approximate surface area is 100 Å². The van der Waals surface area contributed by atoms with Crippen LogP contribution in [0.3, 0.4) is 0 Å². The summed E-state index contributed by atoms with van der Waals surface area (Å²) >= 11 is 11.1. The van der Waals surface area contributed by atoms with Crippen molar-refractivity contribution >= 4 is 29.2 Å². The van der Waals surface area contributed by atoms with Gasteiger partial charge in [0.05, 0.1) is 23.7 Å². The number of hydrogen-bond donors (Lipinski definition) is 0. The summed E-state index contributed by atoms with van der Waals surface area (Å²) in [6.07, 6.45) is -2.80. The lowest BCUT2D eigenvalue weighted by Crippen LogP contribution is -2.08. The third-order valence-electron chi connectivity index (χ3n) is 1.81. The highest BCUT2D eigenvalue weighted by Crippen LogP contribution is 2.30. The van der Waals surface area contributed by atoms with E-state index >= 15 is 0 Å². The van der Waals surface area contributed by atoms with Crippen molar-refractivity contribution in [2.75, 3.05) is 7.11 Å². The summed E-state index contributed by atoms with van der Waals surface area (Å²) in [6.45, 7) is 0. The minimum absolute atomic E-state index is 0.0292. The van der Waals surface area contributed by atoms with Crippen molar-refractivity contribution in [1.82, 2.24) is 4.98 Å². The molecule has 1 aromatic heterocycles. The van der Waals surface area contributed by atoms with Crippen LogP contribution in [-0.4, -0.2) is 18.1 Å². The Hall–Kier alpha value is -0.940. The highest BCUT2D eigenvalue weighted by atomic mass is 35.5. The normalized spacial score (nSPS) is 10.6. The van der Waals surface area contributed by atoms with E-state index in [1.165, 1.54) is 0 Å². The molecule has 88 valence electrons. The molecule has 16 heavy (non-hydrogen) atoms. The highest BCUT2D eigenvalue weighted by molar-refractivity contribution is 6.32. The van der Waals surface area contributed by atoms with E-state index in [1.807, 2.05) is 0 Å². The van der Waals surface area contributed by atoms with E-state index in [-0.39, 0.29) is 22.3 Å². The molecule has 0 atom stereocenters. The van der Waals surface area contributed by atoms with Gasteiger partial charge in [0.1, 0.15) is 5.69 Å². The summed E-state index contributed by atoms with van der Waals surface area (Å²) in [5, 5.41) is -0.224. The molecule has 0 aliphatic carbocycles. The quantitative estimate of drug-likeness (QED) is 0.625. The molecule has 0 fully saturated rings. The summed E-state index contributed by atoms with van der Waals surface area (Å²) in [5.41, 5.74) is -0.688. The number of nitrogens with zero attached hydrogens (tertiary/aromatic N) is 1. The van der Waals surface area contributed by atoms with Crippen LogP contribution in [-0.2, 0) is 10.6 Å². The second-order valence-electron chi connectivity index (χ2n) is 2.78. The van der Waals surface area contributed by atoms with E-state index in [1.54, 1.807) is 0 Å². The Balaban J connectivity index is 3.34. The van der Waals surface area contributed by atoms with E-state index < -0.39 is 18.0 Å². The van der Waals surface area contributed by atoms with E-state index in [9.17, 15) is 13.6 Å². The molecule has 0 spiro atoms. The van der Waals surface area contributed by atoms with Gasteiger partial charge in [0.25, 0.3) is 6.43 Å². The average Bonchev–Trinajstić information content (AvgIpc) is 2.27. The largest absolute Gasteiger partial charge is 0.464 e. The van der Waals surface area contributed by atoms with Crippen molar-refractivity contribution in [1.29, 1.82) is 0 Å². The predicted molar refractivity (Wildman–Crippen MR) is 55.1 cm³/mol. The molecule has 0 unspecified atom stereocenters. The van der Waals surface area contributed by atoms with Gasteiger partial charge in [-0.15, -0.1) is 11.6 Å². The number of aromatic nitrogens is 1. The maximum absolute atomic E-state index is 12.6. The number of methoxy groups -OCH3 is 1. The molecule has 7 heteroatoms. The van der Waals surface area contributed by atoms with Crippen molar-refractivity contribution in [3.8, 4) is 0 Å². The lowest BCUT2D eigenvalue weighted by Gasteiger charge is -2.08. The molecule has 0 saturated heterocycles. The number of rotatable bonds is 3. The first-order valence-corrected chi connectivity index (χ1v) is 5.04. The van der Waals surface area contributed by atoms with Gasteiger partial charge in [0.15, 0.2) is 0 Å². The van der Waals surface area contributed by atoms with Crippen molar-refractivity contribution in [2.24, 2.45) is 0 Å². The zero-order valence-corrected chi connectivity index (χ0v) is 9.65. The van der Waals surface area contributed by atoms with Gasteiger partial charge in [-0.2, -0.15) is 0 Å². The van der Waals surface area contributed by atoms with E-state index in [0.717, 1.165) is 13.2 Å². The van der Waals surface area contributed by atoms with Crippen molar-refractivity contribution in [2.45, 2.75) is 12.3 Å². The van der Waals surface area contributed by atoms with E-state index in [0.29, 0.717) is 0 Å². The van der Waals surface area contributed by atoms with Gasteiger partial charge in [-0.25, -0.2) is 18.6 Å². The number of esters is 1. The SMILES string of the molecule is COC(=O)c1cc(C(F)F)c(Cl)c(CCl)n1. The zero-order chi connectivity index (χ0) is 12.3. The molecule has 0 radical (unpaired) electrons. The molecule has 0 saturated carbocycles. The fourth-order valence-corrected chi connectivity index (χ4v) is 1.57. The Morgan fingerprint density at radius 2 is 2.25 bits per heavy atom. The summed E-state index contributed by atoms with van der Waals surface area (Å²) in [6, 6.07) is 0.898. The van der Waals surface area contributed by atoms with Gasteiger partial charge in [-0.05, 0) is 6.07 Å². The number of ether oxygens (including phenoxy) is 1. The number of pyridine rings is 1. The molecular weight excluding hydrogens is 263 g/mol. The monoisotopic (exact) mass is 269 g/mol. The molecule has 0 bridgehead atoms. The Bertz CT molecular complexity index is 413. The lowest BCUT2D eigenvalue weighted by molar-refractivity contribution is 0.0593. The number of carbonyl (C=O) groups excluding carboxylic acids is 1. The first-order chi connectivity index (χ1) is 7.51. The smallest absolute Gasteiger partial charge is 0.356 e. The van der Waals surface area contributed by atoms with Crippen molar-refractivity contribution in [3.05, 3.63) is 28.0 Å². The van der Waals surface area contributed by atoms with Crippen LogP contribution in [0.25, 0.3) is 0 Å². The molecule has 0 N–H and O–H groups in total. The maximum Gasteiger partial charge on any atom is 0.356 e. The number of carbonyl (C=O) groups is 1. The first-order valence-electron chi connectivity index (χ1n) is 4.13. The van der Waals surface area contributed by atoms with Gasteiger partial charge in [0.2, 0.25) is 0 Å². The maximum atomic E-state index is 12.6. The lowest BCUT2D eigenvalue weighted by atomic mass is 10.2. The minimum atomic E-state index is -2.80. The standard InChI is InChI=1S/C9H7Cl2F2NO2/c1-16-9(15)5-2-4(8(12)13)7(11)6(3-10)14-5/h2,8H,3H2,1H3. The molecule has 1 heterocycles. The Morgan fingerprint density at radius 3 is 2.69 bits per heavy atom. The fourth-order valence-electron chi connectivity index (χ4n) is 1.06. The van der Waals surface area contributed by atoms with Crippen LogP contribution in [0, 0.1) is 0 Å². The van der Waals surface area contributed by atoms with Crippen molar-refractivity contribution < 1.29 is 18.3 Å². The molecular formula is C9H7Cl2F2NO2. The van der Waals surface area contributed by atoms with Crippen LogP contribution in [0.1, 0.15) is 28.2 Å². The summed E-state index contributed by atoms with van der Waals surface area (Å²) in [5.74, 6) is -0.978. The predicted octanol–water partition coefficient (Wildman–Crippen LogP) is 3.20. The van der Waals surface area contributed by atoms with Gasteiger partial charge in [0, 0.05) is 5.56 Å². The fraction of sp³-hybridized carbons (Fsp3) is 0.333. The van der Waals surface area contributed by atoms with Crippen molar-refractivity contribution in [3.63, 3.8) is 0 Å². The van der Waals surface area contributed by atoms with Crippen LogP contribution >= 0.6 is 23.2 Å². The van der Waals surface area contributed by atoms with Crippen LogP contribution in [0.15, 0.2) is 6.07 Å². The van der Waals surface area contributed by atoms with E-state index in [4.69, 9.17) is 23.2 Å². The summed E-state index contributed by atoms with van der Waals surface area (Å²) in [4.78, 5) is 14.9. The number of alkyl halides is 3. The second kappa shape index (κ2) is 5.41. The summed E-state index contributed by atoms with van der Waals surface area (Å²) in [7, 11) is 1.13. The van der Waals surface area contributed by atoms with Crippen LogP contribution in [0.5, 0.6) is 0 Å². The first kappa shape index (κ1) is 13.1. The molecule has 3 nitrogen and oxygen atoms in total. The zero-order valence-electron chi connectivity index (χ0n) is 8.14. The van der Waals surface area contributed by atoms with E-state index in [2.05, 4.69) is 9.72 Å². The molecule has 0 aliphatic heterocycles. The second-order valence-corrected chi connectivity index (χ2v) is 3.43. The van der Waals surface area contributed by atoms with Gasteiger partial charge < -0.3 is 4.74 Å². The van der Waals surface area contributed by atoms with Crippen LogP contribution < -0.4 is 0 Å². The summed E-state index contributed by atoms with van der Waals surface area (Å²) < 4.78 is 29.5. The van der Waals surface area contributed by atoms with Gasteiger partial charge in [-0.1, -0.05) is 11.6 Å². The van der Waals surface area contributed by atoms with Crippen LogP contribution in [0.4, 0.5) is 8.78 Å². The molecule has 0 amide bonds. The highest BCUT2D eigenvalue weighted by Gasteiger charge is 2.20. The third-order valence-corrected chi connectivity index (χ3v) is 2.50. The number of hydrogen-bond acceptors (Lipinski definition) is 3. The molecule has 0 aromatic carbocycles.